The molecule has 0 radical (unpaired) electrons. The highest BCUT2D eigenvalue weighted by molar-refractivity contribution is 6.31. The maximum absolute atomic E-state index is 12.6. The maximum Gasteiger partial charge on any atom is 0.251 e. The van der Waals surface area contributed by atoms with Crippen LogP contribution in [0.25, 0.3) is 0 Å². The number of likely N-dealkylation sites (N-methyl/N-ethyl adjacent to an activating group) is 1. The average Bonchev–Trinajstić information content (AvgIpc) is 2.66. The summed E-state index contributed by atoms with van der Waals surface area (Å²) in [5.74, 6) is 0.585. The molecule has 0 bridgehead atoms. The number of ether oxygens (including phenoxy) is 1. The van der Waals surface area contributed by atoms with Crippen LogP contribution in [0.15, 0.2) is 48.5 Å². The van der Waals surface area contributed by atoms with Gasteiger partial charge >= 0.3 is 0 Å². The molecule has 5 heteroatoms. The standard InChI is InChI=1S/C21H27ClN2O2/c1-4-24(5-2)20(18-12-7-8-13-19(18)22)15-23-21(25)16-10-9-11-17(14-16)26-6-3/h7-14,20H,4-6,15H2,1-3H3,(H,23,25)/t20-/m0/s1. The number of hydrogen-bond acceptors (Lipinski definition) is 3. The molecule has 0 aromatic heterocycles. The monoisotopic (exact) mass is 374 g/mol. The Morgan fingerprint density at radius 3 is 2.50 bits per heavy atom. The van der Waals surface area contributed by atoms with Crippen LogP contribution < -0.4 is 10.1 Å². The van der Waals surface area contributed by atoms with E-state index in [9.17, 15) is 4.79 Å². The minimum Gasteiger partial charge on any atom is -0.494 e. The van der Waals surface area contributed by atoms with Gasteiger partial charge in [-0.25, -0.2) is 0 Å². The molecule has 26 heavy (non-hydrogen) atoms. The second-order valence-electron chi connectivity index (χ2n) is 5.93. The van der Waals surface area contributed by atoms with Crippen LogP contribution in [0.2, 0.25) is 5.02 Å². The van der Waals surface area contributed by atoms with Crippen LogP contribution in [0.5, 0.6) is 5.75 Å². The van der Waals surface area contributed by atoms with Gasteiger partial charge in [-0.15, -0.1) is 0 Å². The van der Waals surface area contributed by atoms with Crippen molar-refractivity contribution < 1.29 is 9.53 Å². The summed E-state index contributed by atoms with van der Waals surface area (Å²) >= 11 is 6.41. The molecular formula is C21H27ClN2O2. The van der Waals surface area contributed by atoms with E-state index in [-0.39, 0.29) is 11.9 Å². The molecular weight excluding hydrogens is 348 g/mol. The minimum absolute atomic E-state index is 0.0257. The quantitative estimate of drug-likeness (QED) is 0.700. The van der Waals surface area contributed by atoms with E-state index in [1.807, 2.05) is 43.3 Å². The Hall–Kier alpha value is -2.04. The number of carbonyl (C=O) groups is 1. The third-order valence-electron chi connectivity index (χ3n) is 4.38. The van der Waals surface area contributed by atoms with Gasteiger partial charge in [-0.2, -0.15) is 0 Å². The molecule has 0 spiro atoms. The van der Waals surface area contributed by atoms with E-state index in [1.165, 1.54) is 0 Å². The maximum atomic E-state index is 12.6. The lowest BCUT2D eigenvalue weighted by Crippen LogP contribution is -2.38. The minimum atomic E-state index is -0.115. The van der Waals surface area contributed by atoms with Gasteiger partial charge in [0.05, 0.1) is 12.6 Å². The number of benzene rings is 2. The first-order chi connectivity index (χ1) is 12.6. The van der Waals surface area contributed by atoms with E-state index in [0.717, 1.165) is 23.7 Å². The molecule has 0 aliphatic carbocycles. The summed E-state index contributed by atoms with van der Waals surface area (Å²) in [5.41, 5.74) is 1.62. The van der Waals surface area contributed by atoms with Crippen LogP contribution in [-0.2, 0) is 0 Å². The van der Waals surface area contributed by atoms with Gasteiger partial charge in [0.25, 0.3) is 5.91 Å². The third-order valence-corrected chi connectivity index (χ3v) is 4.72. The molecule has 1 amide bonds. The van der Waals surface area contributed by atoms with Crippen LogP contribution in [0.3, 0.4) is 0 Å². The zero-order chi connectivity index (χ0) is 18.9. The van der Waals surface area contributed by atoms with Crippen molar-refractivity contribution in [1.82, 2.24) is 10.2 Å². The zero-order valence-corrected chi connectivity index (χ0v) is 16.4. The number of hydrogen-bond donors (Lipinski definition) is 1. The fraction of sp³-hybridized carbons (Fsp3) is 0.381. The van der Waals surface area contributed by atoms with Crippen LogP contribution in [0.1, 0.15) is 42.7 Å². The molecule has 0 heterocycles. The summed E-state index contributed by atoms with van der Waals surface area (Å²) in [6, 6.07) is 15.1. The molecule has 2 rings (SSSR count). The predicted octanol–water partition coefficient (Wildman–Crippen LogP) is 4.55. The van der Waals surface area contributed by atoms with Gasteiger partial charge in [0, 0.05) is 17.1 Å². The molecule has 1 N–H and O–H groups in total. The first-order valence-electron chi connectivity index (χ1n) is 9.10. The molecule has 0 fully saturated rings. The Morgan fingerprint density at radius 2 is 1.85 bits per heavy atom. The van der Waals surface area contributed by atoms with E-state index in [0.29, 0.717) is 24.5 Å². The van der Waals surface area contributed by atoms with Crippen LogP contribution in [0, 0.1) is 0 Å². The second-order valence-corrected chi connectivity index (χ2v) is 6.34. The molecule has 0 aliphatic heterocycles. The molecule has 2 aromatic carbocycles. The highest BCUT2D eigenvalue weighted by Crippen LogP contribution is 2.27. The number of nitrogens with zero attached hydrogens (tertiary/aromatic N) is 1. The van der Waals surface area contributed by atoms with Gasteiger partial charge in [-0.1, -0.05) is 49.7 Å². The van der Waals surface area contributed by atoms with E-state index < -0.39 is 0 Å². The summed E-state index contributed by atoms with van der Waals surface area (Å²) in [5, 5.41) is 3.77. The Kier molecular flexibility index (Phi) is 7.95. The van der Waals surface area contributed by atoms with E-state index in [1.54, 1.807) is 12.1 Å². The van der Waals surface area contributed by atoms with Crippen molar-refractivity contribution in [2.45, 2.75) is 26.8 Å². The normalized spacial score (nSPS) is 12.0. The van der Waals surface area contributed by atoms with Crippen molar-refractivity contribution in [2.24, 2.45) is 0 Å². The van der Waals surface area contributed by atoms with Gasteiger partial charge in [-0.3, -0.25) is 9.69 Å². The highest BCUT2D eigenvalue weighted by atomic mass is 35.5. The van der Waals surface area contributed by atoms with Crippen molar-refractivity contribution in [2.75, 3.05) is 26.2 Å². The Labute approximate surface area is 161 Å². The van der Waals surface area contributed by atoms with E-state index >= 15 is 0 Å². The van der Waals surface area contributed by atoms with Crippen molar-refractivity contribution >= 4 is 17.5 Å². The lowest BCUT2D eigenvalue weighted by Gasteiger charge is -2.31. The Morgan fingerprint density at radius 1 is 1.12 bits per heavy atom. The van der Waals surface area contributed by atoms with Gasteiger partial charge < -0.3 is 10.1 Å². The molecule has 0 saturated heterocycles. The Bertz CT molecular complexity index is 717. The van der Waals surface area contributed by atoms with Crippen molar-refractivity contribution in [3.05, 3.63) is 64.7 Å². The molecule has 0 unspecified atom stereocenters. The van der Waals surface area contributed by atoms with Crippen LogP contribution >= 0.6 is 11.6 Å². The zero-order valence-electron chi connectivity index (χ0n) is 15.7. The third kappa shape index (κ3) is 5.23. The average molecular weight is 375 g/mol. The number of carbonyl (C=O) groups excluding carboxylic acids is 1. The van der Waals surface area contributed by atoms with Gasteiger partial charge in [0.2, 0.25) is 0 Å². The molecule has 2 aromatic rings. The van der Waals surface area contributed by atoms with Crippen LogP contribution in [-0.4, -0.2) is 37.0 Å². The molecule has 0 saturated carbocycles. The van der Waals surface area contributed by atoms with Gasteiger partial charge in [0.15, 0.2) is 0 Å². The highest BCUT2D eigenvalue weighted by Gasteiger charge is 2.21. The van der Waals surface area contributed by atoms with Crippen molar-refractivity contribution in [3.63, 3.8) is 0 Å². The fourth-order valence-electron chi connectivity index (χ4n) is 3.03. The number of halogens is 1. The first kappa shape index (κ1) is 20.3. The number of rotatable bonds is 9. The number of nitrogens with one attached hydrogen (secondary N) is 1. The first-order valence-corrected chi connectivity index (χ1v) is 9.48. The fourth-order valence-corrected chi connectivity index (χ4v) is 3.29. The summed E-state index contributed by atoms with van der Waals surface area (Å²) in [6.45, 7) is 8.96. The molecule has 1 atom stereocenters. The van der Waals surface area contributed by atoms with Gasteiger partial charge in [0.1, 0.15) is 5.75 Å². The summed E-state index contributed by atoms with van der Waals surface area (Å²) < 4.78 is 5.47. The molecule has 0 aliphatic rings. The molecule has 140 valence electrons. The lowest BCUT2D eigenvalue weighted by atomic mass is 10.0. The topological polar surface area (TPSA) is 41.6 Å². The van der Waals surface area contributed by atoms with Crippen molar-refractivity contribution in [1.29, 1.82) is 0 Å². The smallest absolute Gasteiger partial charge is 0.251 e. The second kappa shape index (κ2) is 10.2. The van der Waals surface area contributed by atoms with Gasteiger partial charge in [-0.05, 0) is 49.8 Å². The van der Waals surface area contributed by atoms with E-state index in [2.05, 4.69) is 24.1 Å². The Balaban J connectivity index is 2.15. The molecule has 4 nitrogen and oxygen atoms in total. The van der Waals surface area contributed by atoms with Crippen LogP contribution in [0.4, 0.5) is 0 Å². The SMILES string of the molecule is CCOc1cccc(C(=O)NC[C@@H](c2ccccc2Cl)N(CC)CC)c1. The summed E-state index contributed by atoms with van der Waals surface area (Å²) in [7, 11) is 0. The van der Waals surface area contributed by atoms with E-state index in [4.69, 9.17) is 16.3 Å². The summed E-state index contributed by atoms with van der Waals surface area (Å²) in [6.07, 6.45) is 0. The number of amides is 1. The lowest BCUT2D eigenvalue weighted by molar-refractivity contribution is 0.0934. The predicted molar refractivity (Wildman–Crippen MR) is 107 cm³/mol. The van der Waals surface area contributed by atoms with Crippen molar-refractivity contribution in [3.8, 4) is 5.75 Å². The summed E-state index contributed by atoms with van der Waals surface area (Å²) in [4.78, 5) is 14.9. The largest absolute Gasteiger partial charge is 0.494 e.